The Morgan fingerprint density at radius 3 is 2.61 bits per heavy atom. The lowest BCUT2D eigenvalue weighted by atomic mass is 9.82. The minimum absolute atomic E-state index is 0.810. The van der Waals surface area contributed by atoms with Crippen LogP contribution in [0.3, 0.4) is 0 Å². The second-order valence-corrected chi connectivity index (χ2v) is 6.18. The summed E-state index contributed by atoms with van der Waals surface area (Å²) in [5.74, 6) is 3.65. The Hall–Kier alpha value is -0.730. The average Bonchev–Trinajstić information content (AvgIpc) is 3.17. The molecule has 2 saturated carbocycles. The standard InChI is InChI=1S/C15H29N3/c1-3-16-15(17-10-13-7-8-13)18-11-14-6-4-5-12(2)9-14/h12-14H,3-11H2,1-2H3,(H2,16,17,18). The van der Waals surface area contributed by atoms with E-state index in [2.05, 4.69) is 24.5 Å². The van der Waals surface area contributed by atoms with Crippen molar-refractivity contribution in [2.24, 2.45) is 22.7 Å². The van der Waals surface area contributed by atoms with Crippen molar-refractivity contribution in [2.75, 3.05) is 19.6 Å². The topological polar surface area (TPSA) is 36.4 Å². The van der Waals surface area contributed by atoms with Crippen LogP contribution in [0.2, 0.25) is 0 Å². The normalized spacial score (nSPS) is 29.1. The zero-order valence-corrected chi connectivity index (χ0v) is 12.0. The van der Waals surface area contributed by atoms with Crippen molar-refractivity contribution < 1.29 is 0 Å². The Kier molecular flexibility index (Phi) is 5.33. The molecule has 0 aromatic heterocycles. The zero-order valence-electron chi connectivity index (χ0n) is 12.0. The first-order valence-electron chi connectivity index (χ1n) is 7.80. The predicted octanol–water partition coefficient (Wildman–Crippen LogP) is 2.78. The summed E-state index contributed by atoms with van der Waals surface area (Å²) < 4.78 is 0. The Bertz CT molecular complexity index is 271. The van der Waals surface area contributed by atoms with E-state index in [0.29, 0.717) is 0 Å². The van der Waals surface area contributed by atoms with Gasteiger partial charge in [-0.25, -0.2) is 0 Å². The molecule has 2 N–H and O–H groups in total. The van der Waals surface area contributed by atoms with Gasteiger partial charge in [0.1, 0.15) is 0 Å². The van der Waals surface area contributed by atoms with Gasteiger partial charge in [0.05, 0.1) is 0 Å². The van der Waals surface area contributed by atoms with E-state index in [9.17, 15) is 0 Å². The zero-order chi connectivity index (χ0) is 12.8. The molecule has 0 aliphatic heterocycles. The first-order valence-corrected chi connectivity index (χ1v) is 7.80. The molecule has 104 valence electrons. The van der Waals surface area contributed by atoms with E-state index in [-0.39, 0.29) is 0 Å². The Morgan fingerprint density at radius 2 is 1.94 bits per heavy atom. The van der Waals surface area contributed by atoms with Gasteiger partial charge in [-0.15, -0.1) is 0 Å². The molecule has 0 radical (unpaired) electrons. The first-order chi connectivity index (χ1) is 8.78. The van der Waals surface area contributed by atoms with Crippen molar-refractivity contribution in [2.45, 2.75) is 52.4 Å². The van der Waals surface area contributed by atoms with Gasteiger partial charge >= 0.3 is 0 Å². The summed E-state index contributed by atoms with van der Waals surface area (Å²) >= 11 is 0. The molecule has 0 aromatic carbocycles. The van der Waals surface area contributed by atoms with Gasteiger partial charge in [0.15, 0.2) is 5.96 Å². The fourth-order valence-corrected chi connectivity index (χ4v) is 2.85. The summed E-state index contributed by atoms with van der Waals surface area (Å²) in [5, 5.41) is 6.83. The maximum atomic E-state index is 4.77. The van der Waals surface area contributed by atoms with Crippen LogP contribution in [0.5, 0.6) is 0 Å². The lowest BCUT2D eigenvalue weighted by Gasteiger charge is -2.25. The number of nitrogens with one attached hydrogen (secondary N) is 2. The highest BCUT2D eigenvalue weighted by molar-refractivity contribution is 5.79. The van der Waals surface area contributed by atoms with Gasteiger partial charge in [-0.1, -0.05) is 19.8 Å². The van der Waals surface area contributed by atoms with E-state index in [1.807, 2.05) is 0 Å². The minimum atomic E-state index is 0.810. The van der Waals surface area contributed by atoms with Gasteiger partial charge in [-0.3, -0.25) is 4.99 Å². The van der Waals surface area contributed by atoms with E-state index in [1.54, 1.807) is 0 Å². The molecule has 2 atom stereocenters. The molecule has 3 heteroatoms. The molecule has 2 aliphatic carbocycles. The summed E-state index contributed by atoms with van der Waals surface area (Å²) in [7, 11) is 0. The summed E-state index contributed by atoms with van der Waals surface area (Å²) in [6.45, 7) is 7.58. The monoisotopic (exact) mass is 251 g/mol. The lowest BCUT2D eigenvalue weighted by molar-refractivity contribution is 0.289. The highest BCUT2D eigenvalue weighted by Gasteiger charge is 2.21. The lowest BCUT2D eigenvalue weighted by Crippen LogP contribution is -2.38. The first kappa shape index (κ1) is 13.7. The maximum absolute atomic E-state index is 4.77. The van der Waals surface area contributed by atoms with E-state index in [4.69, 9.17) is 4.99 Å². The number of nitrogens with zero attached hydrogens (tertiary/aromatic N) is 1. The largest absolute Gasteiger partial charge is 0.357 e. The van der Waals surface area contributed by atoms with Crippen LogP contribution in [0.25, 0.3) is 0 Å². The number of rotatable bonds is 5. The second-order valence-electron chi connectivity index (χ2n) is 6.18. The molecule has 0 amide bonds. The molecule has 0 bridgehead atoms. The van der Waals surface area contributed by atoms with Gasteiger partial charge in [-0.2, -0.15) is 0 Å². The third-order valence-corrected chi connectivity index (χ3v) is 4.15. The van der Waals surface area contributed by atoms with Gasteiger partial charge in [-0.05, 0) is 50.4 Å². The van der Waals surface area contributed by atoms with Gasteiger partial charge in [0.2, 0.25) is 0 Å². The van der Waals surface area contributed by atoms with Crippen LogP contribution < -0.4 is 10.6 Å². The van der Waals surface area contributed by atoms with Crippen molar-refractivity contribution in [3.63, 3.8) is 0 Å². The summed E-state index contributed by atoms with van der Waals surface area (Å²) in [6, 6.07) is 0. The third kappa shape index (κ3) is 4.87. The van der Waals surface area contributed by atoms with Crippen molar-refractivity contribution in [3.05, 3.63) is 0 Å². The fraction of sp³-hybridized carbons (Fsp3) is 0.933. The Labute approximate surface area is 112 Å². The SMILES string of the molecule is CCNC(=NCC1CCCC(C)C1)NCC1CC1. The minimum Gasteiger partial charge on any atom is -0.357 e. The smallest absolute Gasteiger partial charge is 0.191 e. The van der Waals surface area contributed by atoms with Crippen LogP contribution in [0.15, 0.2) is 4.99 Å². The van der Waals surface area contributed by atoms with Crippen molar-refractivity contribution in [1.82, 2.24) is 10.6 Å². The molecule has 2 aliphatic rings. The Balaban J connectivity index is 1.74. The van der Waals surface area contributed by atoms with Crippen LogP contribution in [-0.4, -0.2) is 25.6 Å². The van der Waals surface area contributed by atoms with Gasteiger partial charge in [0.25, 0.3) is 0 Å². The molecular formula is C15H29N3. The molecule has 18 heavy (non-hydrogen) atoms. The summed E-state index contributed by atoms with van der Waals surface area (Å²) in [4.78, 5) is 4.77. The van der Waals surface area contributed by atoms with Crippen molar-refractivity contribution in [3.8, 4) is 0 Å². The van der Waals surface area contributed by atoms with Crippen LogP contribution in [0, 0.1) is 17.8 Å². The van der Waals surface area contributed by atoms with E-state index in [0.717, 1.165) is 43.3 Å². The molecular weight excluding hydrogens is 222 g/mol. The molecule has 0 aromatic rings. The number of hydrogen-bond donors (Lipinski definition) is 2. The molecule has 0 heterocycles. The highest BCUT2D eigenvalue weighted by atomic mass is 15.2. The van der Waals surface area contributed by atoms with Crippen LogP contribution in [-0.2, 0) is 0 Å². The maximum Gasteiger partial charge on any atom is 0.191 e. The van der Waals surface area contributed by atoms with Crippen molar-refractivity contribution in [1.29, 1.82) is 0 Å². The quantitative estimate of drug-likeness (QED) is 0.582. The number of guanidine groups is 1. The molecule has 3 nitrogen and oxygen atoms in total. The molecule has 0 spiro atoms. The van der Waals surface area contributed by atoms with Crippen LogP contribution >= 0.6 is 0 Å². The summed E-state index contributed by atoms with van der Waals surface area (Å²) in [6.07, 6.45) is 8.34. The highest BCUT2D eigenvalue weighted by Crippen LogP contribution is 2.29. The van der Waals surface area contributed by atoms with E-state index in [1.165, 1.54) is 38.5 Å². The van der Waals surface area contributed by atoms with Crippen molar-refractivity contribution >= 4 is 5.96 Å². The van der Waals surface area contributed by atoms with Gasteiger partial charge in [0, 0.05) is 19.6 Å². The third-order valence-electron chi connectivity index (χ3n) is 4.15. The molecule has 2 rings (SSSR count). The van der Waals surface area contributed by atoms with E-state index < -0.39 is 0 Å². The fourth-order valence-electron chi connectivity index (χ4n) is 2.85. The van der Waals surface area contributed by atoms with Crippen LogP contribution in [0.1, 0.15) is 52.4 Å². The Morgan fingerprint density at radius 1 is 1.11 bits per heavy atom. The van der Waals surface area contributed by atoms with Crippen LogP contribution in [0.4, 0.5) is 0 Å². The molecule has 2 unspecified atom stereocenters. The number of aliphatic imine (C=N–C) groups is 1. The predicted molar refractivity (Wildman–Crippen MR) is 77.8 cm³/mol. The second kappa shape index (κ2) is 7.01. The van der Waals surface area contributed by atoms with Gasteiger partial charge < -0.3 is 10.6 Å². The molecule has 2 fully saturated rings. The summed E-state index contributed by atoms with van der Waals surface area (Å²) in [5.41, 5.74) is 0. The number of hydrogen-bond acceptors (Lipinski definition) is 1. The van der Waals surface area contributed by atoms with E-state index >= 15 is 0 Å². The average molecular weight is 251 g/mol. The molecule has 0 saturated heterocycles.